The summed E-state index contributed by atoms with van der Waals surface area (Å²) < 4.78 is 17.2. The fourth-order valence-electron chi connectivity index (χ4n) is 2.29. The lowest BCUT2D eigenvalue weighted by molar-refractivity contribution is -0.115. The van der Waals surface area contributed by atoms with Crippen molar-refractivity contribution in [2.75, 3.05) is 26.4 Å². The van der Waals surface area contributed by atoms with E-state index in [2.05, 4.69) is 5.32 Å². The van der Waals surface area contributed by atoms with Crippen molar-refractivity contribution in [3.8, 4) is 11.5 Å². The highest BCUT2D eigenvalue weighted by atomic mass is 32.2. The molecule has 2 aromatic rings. The summed E-state index contributed by atoms with van der Waals surface area (Å²) in [6, 6.07) is 17.1. The molecule has 0 aromatic heterocycles. The zero-order chi connectivity index (χ0) is 18.9. The maximum atomic E-state index is 11.7. The van der Waals surface area contributed by atoms with Crippen molar-refractivity contribution in [3.05, 3.63) is 65.1 Å². The van der Waals surface area contributed by atoms with E-state index in [9.17, 15) is 4.79 Å². The Kier molecular flexibility index (Phi) is 7.27. The largest absolute Gasteiger partial charge is 0.491 e. The van der Waals surface area contributed by atoms with Crippen LogP contribution in [0.1, 0.15) is 5.56 Å². The second-order valence-electron chi connectivity index (χ2n) is 5.54. The lowest BCUT2D eigenvalue weighted by Gasteiger charge is -2.08. The number of carbonyl (C=O) groups is 1. The molecule has 27 heavy (non-hydrogen) atoms. The van der Waals surface area contributed by atoms with Crippen molar-refractivity contribution in [2.24, 2.45) is 0 Å². The Morgan fingerprint density at radius 3 is 2.11 bits per heavy atom. The highest BCUT2D eigenvalue weighted by Gasteiger charge is 2.21. The van der Waals surface area contributed by atoms with E-state index in [-0.39, 0.29) is 5.91 Å². The minimum Gasteiger partial charge on any atom is -0.491 e. The maximum absolute atomic E-state index is 11.7. The molecule has 1 heterocycles. The molecule has 1 N–H and O–H groups in total. The summed E-state index contributed by atoms with van der Waals surface area (Å²) in [6.45, 7) is 1.95. The van der Waals surface area contributed by atoms with Crippen LogP contribution in [-0.2, 0) is 9.53 Å². The van der Waals surface area contributed by atoms with Gasteiger partial charge >= 0.3 is 0 Å². The van der Waals surface area contributed by atoms with Gasteiger partial charge in [-0.2, -0.15) is 0 Å². The molecule has 0 aliphatic carbocycles. The molecule has 140 valence electrons. The second kappa shape index (κ2) is 10.1. The number of rotatable bonds is 9. The van der Waals surface area contributed by atoms with E-state index in [0.717, 1.165) is 17.1 Å². The van der Waals surface area contributed by atoms with E-state index in [4.69, 9.17) is 26.4 Å². The molecular formula is C20H19NO4S2. The highest BCUT2D eigenvalue weighted by Crippen LogP contribution is 2.26. The zero-order valence-electron chi connectivity index (χ0n) is 14.6. The first-order chi connectivity index (χ1) is 13.2. The Balaban J connectivity index is 1.33. The third-order valence-corrected chi connectivity index (χ3v) is 4.72. The average molecular weight is 402 g/mol. The first kappa shape index (κ1) is 19.4. The van der Waals surface area contributed by atoms with Crippen LogP contribution in [0.25, 0.3) is 6.08 Å². The molecule has 3 rings (SSSR count). The Labute approximate surface area is 167 Å². The molecule has 1 aliphatic rings. The number of thiocarbonyl (C=S) groups is 1. The van der Waals surface area contributed by atoms with Crippen molar-refractivity contribution >= 4 is 40.3 Å². The molecular weight excluding hydrogens is 382 g/mol. The van der Waals surface area contributed by atoms with E-state index in [0.29, 0.717) is 35.7 Å². The monoisotopic (exact) mass is 401 g/mol. The summed E-state index contributed by atoms with van der Waals surface area (Å²) in [4.78, 5) is 12.2. The van der Waals surface area contributed by atoms with E-state index in [1.54, 1.807) is 6.08 Å². The van der Waals surface area contributed by atoms with E-state index >= 15 is 0 Å². The molecule has 0 unspecified atom stereocenters. The van der Waals surface area contributed by atoms with Gasteiger partial charge in [-0.25, -0.2) is 0 Å². The lowest BCUT2D eigenvalue weighted by Crippen LogP contribution is -2.17. The number of carbonyl (C=O) groups excluding carboxylic acids is 1. The van der Waals surface area contributed by atoms with Gasteiger partial charge in [0.25, 0.3) is 5.91 Å². The van der Waals surface area contributed by atoms with Crippen LogP contribution in [0.4, 0.5) is 0 Å². The molecule has 0 atom stereocenters. The average Bonchev–Trinajstić information content (AvgIpc) is 3.00. The summed E-state index contributed by atoms with van der Waals surface area (Å²) in [6.07, 6.45) is 1.80. The molecule has 1 fully saturated rings. The number of nitrogens with one attached hydrogen (secondary N) is 1. The summed E-state index contributed by atoms with van der Waals surface area (Å²) in [5.74, 6) is 1.43. The summed E-state index contributed by atoms with van der Waals surface area (Å²) in [5.41, 5.74) is 0.916. The minimum absolute atomic E-state index is 0.154. The third kappa shape index (κ3) is 6.39. The standard InChI is InChI=1S/C20H19NO4S2/c22-19-18(27-20(26)21-19)14-15-6-8-17(9-7-15)25-13-11-23-10-12-24-16-4-2-1-3-5-16/h1-9,14H,10-13H2,(H,21,22,26). The van der Waals surface area contributed by atoms with Crippen LogP contribution >= 0.6 is 24.0 Å². The fourth-order valence-corrected chi connectivity index (χ4v) is 3.33. The quantitative estimate of drug-likeness (QED) is 0.393. The highest BCUT2D eigenvalue weighted by molar-refractivity contribution is 8.26. The number of thioether (sulfide) groups is 1. The Hall–Kier alpha value is -2.35. The molecule has 5 nitrogen and oxygen atoms in total. The maximum Gasteiger partial charge on any atom is 0.263 e. The normalized spacial score (nSPS) is 15.0. The third-order valence-electron chi connectivity index (χ3n) is 3.56. The number of ether oxygens (including phenoxy) is 3. The molecule has 7 heteroatoms. The van der Waals surface area contributed by atoms with Gasteiger partial charge < -0.3 is 19.5 Å². The SMILES string of the molecule is O=C1NC(=S)SC1=Cc1ccc(OCCOCCOc2ccccc2)cc1. The van der Waals surface area contributed by atoms with Gasteiger partial charge in [0.2, 0.25) is 0 Å². The van der Waals surface area contributed by atoms with E-state index in [1.165, 1.54) is 11.8 Å². The number of hydrogen-bond acceptors (Lipinski definition) is 6. The predicted octanol–water partition coefficient (Wildman–Crippen LogP) is 3.65. The van der Waals surface area contributed by atoms with Crippen LogP contribution in [-0.4, -0.2) is 36.7 Å². The van der Waals surface area contributed by atoms with Crippen molar-refractivity contribution in [1.82, 2.24) is 5.32 Å². The van der Waals surface area contributed by atoms with Crippen LogP contribution in [0.2, 0.25) is 0 Å². The van der Waals surface area contributed by atoms with Crippen molar-refractivity contribution in [2.45, 2.75) is 0 Å². The number of hydrogen-bond donors (Lipinski definition) is 1. The predicted molar refractivity (Wildman–Crippen MR) is 111 cm³/mol. The fraction of sp³-hybridized carbons (Fsp3) is 0.200. The van der Waals surface area contributed by atoms with Gasteiger partial charge in [-0.15, -0.1) is 0 Å². The van der Waals surface area contributed by atoms with Gasteiger partial charge in [0.15, 0.2) is 0 Å². The number of para-hydroxylation sites is 1. The van der Waals surface area contributed by atoms with Crippen LogP contribution < -0.4 is 14.8 Å². The first-order valence-electron chi connectivity index (χ1n) is 8.44. The smallest absolute Gasteiger partial charge is 0.263 e. The van der Waals surface area contributed by atoms with Crippen molar-refractivity contribution in [1.29, 1.82) is 0 Å². The van der Waals surface area contributed by atoms with Gasteiger partial charge in [0.05, 0.1) is 18.1 Å². The minimum atomic E-state index is -0.154. The van der Waals surface area contributed by atoms with Gasteiger partial charge in [0.1, 0.15) is 29.0 Å². The molecule has 2 aromatic carbocycles. The Morgan fingerprint density at radius 2 is 1.52 bits per heavy atom. The topological polar surface area (TPSA) is 56.8 Å². The van der Waals surface area contributed by atoms with Gasteiger partial charge in [-0.3, -0.25) is 4.79 Å². The Morgan fingerprint density at radius 1 is 0.889 bits per heavy atom. The van der Waals surface area contributed by atoms with Crippen molar-refractivity contribution < 1.29 is 19.0 Å². The van der Waals surface area contributed by atoms with Gasteiger partial charge in [-0.05, 0) is 35.9 Å². The summed E-state index contributed by atoms with van der Waals surface area (Å²) in [7, 11) is 0. The number of amides is 1. The zero-order valence-corrected chi connectivity index (χ0v) is 16.2. The molecule has 0 radical (unpaired) electrons. The molecule has 0 spiro atoms. The molecule has 0 bridgehead atoms. The Bertz CT molecular complexity index is 806. The summed E-state index contributed by atoms with van der Waals surface area (Å²) in [5, 5.41) is 2.60. The molecule has 1 saturated heterocycles. The summed E-state index contributed by atoms with van der Waals surface area (Å²) >= 11 is 6.24. The molecule has 0 saturated carbocycles. The van der Waals surface area contributed by atoms with Gasteiger partial charge in [0, 0.05) is 0 Å². The molecule has 1 amide bonds. The van der Waals surface area contributed by atoms with Crippen LogP contribution in [0.15, 0.2) is 59.5 Å². The van der Waals surface area contributed by atoms with E-state index < -0.39 is 0 Å². The number of benzene rings is 2. The van der Waals surface area contributed by atoms with Crippen LogP contribution in [0.3, 0.4) is 0 Å². The lowest BCUT2D eigenvalue weighted by atomic mass is 10.2. The first-order valence-corrected chi connectivity index (χ1v) is 9.66. The second-order valence-corrected chi connectivity index (χ2v) is 7.26. The molecule has 1 aliphatic heterocycles. The van der Waals surface area contributed by atoms with Gasteiger partial charge in [-0.1, -0.05) is 54.3 Å². The van der Waals surface area contributed by atoms with Crippen LogP contribution in [0.5, 0.6) is 11.5 Å². The van der Waals surface area contributed by atoms with E-state index in [1.807, 2.05) is 54.6 Å². The van der Waals surface area contributed by atoms with Crippen LogP contribution in [0, 0.1) is 0 Å². The van der Waals surface area contributed by atoms with Crippen molar-refractivity contribution in [3.63, 3.8) is 0 Å².